The molecule has 0 unspecified atom stereocenters. The Bertz CT molecular complexity index is 2410. The molecular formula is C42H52N8O12S2. The Kier molecular flexibility index (Phi) is 21.8. The van der Waals surface area contributed by atoms with Gasteiger partial charge in [-0.25, -0.2) is 46.2 Å². The van der Waals surface area contributed by atoms with Crippen LogP contribution in [0.4, 0.5) is 23.3 Å². The van der Waals surface area contributed by atoms with Crippen LogP contribution in [0.1, 0.15) is 46.7 Å². The number of aromatic nitrogens is 4. The van der Waals surface area contributed by atoms with Gasteiger partial charge in [0.25, 0.3) is 20.0 Å². The lowest BCUT2D eigenvalue weighted by molar-refractivity contribution is -0.138. The first-order chi connectivity index (χ1) is 29.1. The zero-order chi connectivity index (χ0) is 46.0. The van der Waals surface area contributed by atoms with Crippen LogP contribution in [0.2, 0.25) is 0 Å². The molecule has 0 saturated carbocycles. The van der Waals surface area contributed by atoms with Gasteiger partial charge in [-0.2, -0.15) is 0 Å². The number of nitrogens with two attached hydrogens (primary N) is 2. The van der Waals surface area contributed by atoms with E-state index >= 15 is 0 Å². The van der Waals surface area contributed by atoms with Crippen LogP contribution in [0.3, 0.4) is 0 Å². The number of nitrogens with zero attached hydrogens (tertiary/aromatic N) is 4. The van der Waals surface area contributed by atoms with E-state index in [1.165, 1.54) is 48.5 Å². The van der Waals surface area contributed by atoms with Gasteiger partial charge in [-0.15, -0.1) is 0 Å². The lowest BCUT2D eigenvalue weighted by Gasteiger charge is -2.08. The normalized spacial score (nSPS) is 10.3. The molecule has 14 N–H and O–H groups in total. The van der Waals surface area contributed by atoms with Crippen LogP contribution in [-0.2, 0) is 42.5 Å². The predicted molar refractivity (Wildman–Crippen MR) is 242 cm³/mol. The van der Waals surface area contributed by atoms with Gasteiger partial charge < -0.3 is 42.8 Å². The molecule has 2 heterocycles. The van der Waals surface area contributed by atoms with Crippen molar-refractivity contribution in [3.05, 3.63) is 143 Å². The summed E-state index contributed by atoms with van der Waals surface area (Å²) in [5, 5.41) is 34.6. The fraction of sp³-hybridized carbons (Fsp3) is 0.190. The van der Waals surface area contributed by atoms with E-state index in [0.717, 1.165) is 11.1 Å². The summed E-state index contributed by atoms with van der Waals surface area (Å²) in [6.07, 6.45) is 1.28. The van der Waals surface area contributed by atoms with E-state index in [1.807, 2.05) is 0 Å². The number of anilines is 4. The molecule has 0 bridgehead atoms. The van der Waals surface area contributed by atoms with Gasteiger partial charge in [0.1, 0.15) is 11.5 Å². The van der Waals surface area contributed by atoms with Gasteiger partial charge in [0.05, 0.1) is 9.79 Å². The maximum atomic E-state index is 12.1. The second-order valence-corrected chi connectivity index (χ2v) is 16.8. The number of aliphatic carboxylic acids is 2. The summed E-state index contributed by atoms with van der Waals surface area (Å²) in [7, 11) is -7.39. The van der Waals surface area contributed by atoms with Crippen molar-refractivity contribution in [2.45, 2.75) is 63.2 Å². The minimum Gasteiger partial charge on any atom is -0.508 e. The Morgan fingerprint density at radius 2 is 0.766 bits per heavy atom. The number of nitrogen functional groups attached to an aromatic ring is 2. The molecule has 0 atom stereocenters. The Labute approximate surface area is 370 Å². The molecule has 0 saturated heterocycles. The molecule has 344 valence electrons. The molecule has 0 amide bonds. The van der Waals surface area contributed by atoms with Crippen LogP contribution in [0.25, 0.3) is 0 Å². The molecule has 2 aromatic heterocycles. The van der Waals surface area contributed by atoms with E-state index in [-0.39, 0.29) is 57.0 Å². The highest BCUT2D eigenvalue weighted by Crippen LogP contribution is 2.17. The van der Waals surface area contributed by atoms with E-state index < -0.39 is 32.0 Å². The Morgan fingerprint density at radius 1 is 0.500 bits per heavy atom. The number of carboxylic acid groups (broad SMARTS) is 2. The van der Waals surface area contributed by atoms with Crippen molar-refractivity contribution in [1.29, 1.82) is 0 Å². The third-order valence-electron chi connectivity index (χ3n) is 7.92. The third kappa shape index (κ3) is 20.0. The molecule has 0 aliphatic carbocycles. The molecule has 0 spiro atoms. The maximum absolute atomic E-state index is 12.1. The molecule has 0 fully saturated rings. The van der Waals surface area contributed by atoms with E-state index in [2.05, 4.69) is 29.4 Å². The molecule has 0 aliphatic rings. The number of benzene rings is 4. The second kappa shape index (κ2) is 25.5. The number of sulfonamides is 2. The SMILES string of the molecule is Cc1cc(C)nc(NS(=O)(=O)c2ccc(N)cc2)n1.Cc1cc(C)nc(NS(=O)(=O)c2ccc(N)cc2)n1.O.O.O=C(O)CCc1ccc(O)cc1.O=C(O)CCc1ccc(O)cc1. The zero-order valence-electron chi connectivity index (χ0n) is 35.2. The van der Waals surface area contributed by atoms with E-state index in [1.54, 1.807) is 88.4 Å². The highest BCUT2D eigenvalue weighted by molar-refractivity contribution is 7.93. The number of nitrogens with one attached hydrogen (secondary N) is 2. The Hall–Kier alpha value is -7.40. The molecular weight excluding hydrogens is 873 g/mol. The number of phenols is 2. The summed E-state index contributed by atoms with van der Waals surface area (Å²) in [4.78, 5) is 36.8. The van der Waals surface area contributed by atoms with Gasteiger partial charge >= 0.3 is 11.9 Å². The molecule has 0 aliphatic heterocycles. The molecule has 22 heteroatoms. The third-order valence-corrected chi connectivity index (χ3v) is 10.6. The van der Waals surface area contributed by atoms with Crippen molar-refractivity contribution in [2.75, 3.05) is 20.9 Å². The average molecular weight is 925 g/mol. The summed E-state index contributed by atoms with van der Waals surface area (Å²) < 4.78 is 53.1. The summed E-state index contributed by atoms with van der Waals surface area (Å²) in [6.45, 7) is 7.09. The van der Waals surface area contributed by atoms with Crippen molar-refractivity contribution in [3.63, 3.8) is 0 Å². The molecule has 6 rings (SSSR count). The van der Waals surface area contributed by atoms with Crippen molar-refractivity contribution in [3.8, 4) is 11.5 Å². The van der Waals surface area contributed by atoms with Gasteiger partial charge in [0.15, 0.2) is 0 Å². The number of hydrogen-bond acceptors (Lipinski definition) is 14. The summed E-state index contributed by atoms with van der Waals surface area (Å²) >= 11 is 0. The van der Waals surface area contributed by atoms with E-state index in [0.29, 0.717) is 47.0 Å². The summed E-state index contributed by atoms with van der Waals surface area (Å²) in [6, 6.07) is 28.4. The first-order valence-electron chi connectivity index (χ1n) is 18.5. The molecule has 4 aromatic carbocycles. The van der Waals surface area contributed by atoms with Crippen molar-refractivity contribution in [2.24, 2.45) is 0 Å². The van der Waals surface area contributed by atoms with Gasteiger partial charge in [-0.3, -0.25) is 9.59 Å². The van der Waals surface area contributed by atoms with Crippen LogP contribution < -0.4 is 20.9 Å². The average Bonchev–Trinajstić information content (AvgIpc) is 3.17. The van der Waals surface area contributed by atoms with Crippen LogP contribution in [0.15, 0.2) is 119 Å². The Balaban J connectivity index is 0.000000432. The first-order valence-corrected chi connectivity index (χ1v) is 21.5. The molecule has 6 aromatic rings. The topological polar surface area (TPSA) is 374 Å². The lowest BCUT2D eigenvalue weighted by Crippen LogP contribution is -2.15. The molecule has 20 nitrogen and oxygen atoms in total. The smallest absolute Gasteiger partial charge is 0.303 e. The highest BCUT2D eigenvalue weighted by Gasteiger charge is 2.17. The minimum absolute atomic E-state index is 0. The van der Waals surface area contributed by atoms with Gasteiger partial charge in [-0.05, 0) is 137 Å². The van der Waals surface area contributed by atoms with E-state index in [9.17, 15) is 26.4 Å². The van der Waals surface area contributed by atoms with Crippen molar-refractivity contribution >= 4 is 55.3 Å². The number of hydrogen-bond donors (Lipinski definition) is 8. The quantitative estimate of drug-likeness (QED) is 0.0800. The summed E-state index contributed by atoms with van der Waals surface area (Å²) in [5.41, 5.74) is 16.7. The van der Waals surface area contributed by atoms with Crippen LogP contribution in [0, 0.1) is 27.7 Å². The lowest BCUT2D eigenvalue weighted by atomic mass is 10.1. The van der Waals surface area contributed by atoms with Crippen molar-refractivity contribution in [1.82, 2.24) is 19.9 Å². The van der Waals surface area contributed by atoms with E-state index in [4.69, 9.17) is 31.9 Å². The number of carbonyl (C=O) groups is 2. The number of aryl methyl sites for hydroxylation is 6. The second-order valence-electron chi connectivity index (χ2n) is 13.4. The van der Waals surface area contributed by atoms with Gasteiger partial charge in [0, 0.05) is 47.0 Å². The number of carboxylic acids is 2. The number of phenolic OH excluding ortho intramolecular Hbond substituents is 2. The van der Waals surface area contributed by atoms with Crippen molar-refractivity contribution < 1.29 is 57.8 Å². The predicted octanol–water partition coefficient (Wildman–Crippen LogP) is 4.12. The number of aromatic hydroxyl groups is 2. The minimum atomic E-state index is -3.69. The maximum Gasteiger partial charge on any atom is 0.303 e. The Morgan fingerprint density at radius 3 is 1.02 bits per heavy atom. The zero-order valence-corrected chi connectivity index (χ0v) is 36.9. The molecule has 64 heavy (non-hydrogen) atoms. The number of rotatable bonds is 12. The first kappa shape index (κ1) is 54.6. The van der Waals surface area contributed by atoms with Crippen LogP contribution in [0.5, 0.6) is 11.5 Å². The summed E-state index contributed by atoms with van der Waals surface area (Å²) in [5.74, 6) is -1.07. The van der Waals surface area contributed by atoms with Crippen LogP contribution >= 0.6 is 0 Å². The fourth-order valence-electron chi connectivity index (χ4n) is 5.02. The molecule has 0 radical (unpaired) electrons. The van der Waals surface area contributed by atoms with Crippen LogP contribution in [-0.4, -0.2) is 80.1 Å². The highest BCUT2D eigenvalue weighted by atomic mass is 32.2. The monoisotopic (exact) mass is 924 g/mol. The van der Waals surface area contributed by atoms with Gasteiger partial charge in [-0.1, -0.05) is 24.3 Å². The largest absolute Gasteiger partial charge is 0.508 e. The fourth-order valence-corrected chi connectivity index (χ4v) is 6.91. The van der Waals surface area contributed by atoms with Gasteiger partial charge in [0.2, 0.25) is 11.9 Å². The standard InChI is InChI=1S/2C12H14N4O2S.2C9H10O3.2H2O/c2*1-8-7-9(2)15-12(14-8)16-19(17,18)11-5-3-10(13)4-6-11;2*10-8-4-1-7(2-5-8)3-6-9(11)12;;/h2*3-7H,13H2,1-2H3,(H,14,15,16);2*1-2,4-5,10H,3,6H2,(H,11,12);2*1H2.